The van der Waals surface area contributed by atoms with Gasteiger partial charge in [0.05, 0.1) is 23.2 Å². The van der Waals surface area contributed by atoms with Crippen LogP contribution in [0.25, 0.3) is 0 Å². The number of hydrogen-bond donors (Lipinski definition) is 0. The number of aryl methyl sites for hydroxylation is 1. The lowest BCUT2D eigenvalue weighted by Gasteiger charge is -2.56. The molecule has 1 aromatic heterocycles. The minimum absolute atomic E-state index is 0.401. The third kappa shape index (κ3) is 1.76. The van der Waals surface area contributed by atoms with Crippen molar-refractivity contribution in [3.63, 3.8) is 0 Å². The predicted octanol–water partition coefficient (Wildman–Crippen LogP) is 3.99. The summed E-state index contributed by atoms with van der Waals surface area (Å²) >= 11 is 1.84. The van der Waals surface area contributed by atoms with Gasteiger partial charge in [0.1, 0.15) is 0 Å². The number of rotatable bonds is 2. The van der Waals surface area contributed by atoms with E-state index < -0.39 is 0 Å². The van der Waals surface area contributed by atoms with E-state index in [-0.39, 0.29) is 0 Å². The maximum absolute atomic E-state index is 8.92. The number of nitriles is 1. The second-order valence-corrected chi connectivity index (χ2v) is 8.14. The van der Waals surface area contributed by atoms with E-state index in [9.17, 15) is 0 Å². The minimum Gasteiger partial charge on any atom is -0.246 e. The van der Waals surface area contributed by atoms with Gasteiger partial charge in [-0.1, -0.05) is 0 Å². The fraction of sp³-hybridized carbons (Fsp3) is 0.750. The molecule has 0 N–H and O–H groups in total. The molecular weight excluding hydrogens is 252 g/mol. The summed E-state index contributed by atoms with van der Waals surface area (Å²) in [4.78, 5) is 6.09. The van der Waals surface area contributed by atoms with Crippen molar-refractivity contribution in [2.45, 2.75) is 57.3 Å². The molecule has 4 bridgehead atoms. The zero-order valence-corrected chi connectivity index (χ0v) is 12.3. The summed E-state index contributed by atoms with van der Waals surface area (Å²) in [5.74, 6) is 2.90. The van der Waals surface area contributed by atoms with Crippen LogP contribution < -0.4 is 0 Å². The Morgan fingerprint density at radius 2 is 1.79 bits per heavy atom. The van der Waals surface area contributed by atoms with E-state index in [1.807, 2.05) is 11.3 Å². The summed E-state index contributed by atoms with van der Waals surface area (Å²) in [5.41, 5.74) is 1.51. The van der Waals surface area contributed by atoms with Gasteiger partial charge in [-0.3, -0.25) is 0 Å². The van der Waals surface area contributed by atoms with Crippen LogP contribution >= 0.6 is 11.3 Å². The maximum Gasteiger partial charge on any atom is 0.0993 e. The Hall–Kier alpha value is -0.880. The summed E-state index contributed by atoms with van der Waals surface area (Å²) in [6.07, 6.45) is 9.10. The standard InChI is InChI=1S/C16H20N2S/c1-10-14(2-3-17)19-15(18-10)16-7-11-4-12(8-16)6-13(5-11)9-16/h11-13H,2,4-9H2,1H3. The van der Waals surface area contributed by atoms with Gasteiger partial charge in [0, 0.05) is 10.3 Å². The Morgan fingerprint density at radius 1 is 1.21 bits per heavy atom. The highest BCUT2D eigenvalue weighted by Crippen LogP contribution is 2.61. The van der Waals surface area contributed by atoms with Gasteiger partial charge in [0.25, 0.3) is 0 Å². The van der Waals surface area contributed by atoms with E-state index in [4.69, 9.17) is 10.2 Å². The zero-order chi connectivity index (χ0) is 13.0. The largest absolute Gasteiger partial charge is 0.246 e. The molecule has 1 aromatic rings. The number of thiazole rings is 1. The first kappa shape index (κ1) is 11.9. The molecule has 4 aliphatic carbocycles. The van der Waals surface area contributed by atoms with Gasteiger partial charge < -0.3 is 0 Å². The minimum atomic E-state index is 0.401. The monoisotopic (exact) mass is 272 g/mol. The smallest absolute Gasteiger partial charge is 0.0993 e. The second-order valence-electron chi connectivity index (χ2n) is 7.06. The molecule has 0 amide bonds. The van der Waals surface area contributed by atoms with Crippen molar-refractivity contribution >= 4 is 11.3 Å². The number of hydrogen-bond acceptors (Lipinski definition) is 3. The topological polar surface area (TPSA) is 36.7 Å². The summed E-state index contributed by atoms with van der Waals surface area (Å²) in [6, 6.07) is 2.28. The first-order valence-corrected chi connectivity index (χ1v) is 8.34. The lowest BCUT2D eigenvalue weighted by Crippen LogP contribution is -2.48. The SMILES string of the molecule is Cc1nc(C23CC4CC(CC(C4)C2)C3)sc1CC#N. The summed E-state index contributed by atoms with van der Waals surface area (Å²) in [5, 5.41) is 10.3. The maximum atomic E-state index is 8.92. The van der Waals surface area contributed by atoms with Crippen LogP contribution in [-0.2, 0) is 11.8 Å². The zero-order valence-electron chi connectivity index (χ0n) is 11.5. The molecule has 4 fully saturated rings. The van der Waals surface area contributed by atoms with Gasteiger partial charge in [-0.2, -0.15) is 5.26 Å². The van der Waals surface area contributed by atoms with Gasteiger partial charge >= 0.3 is 0 Å². The molecule has 0 aromatic carbocycles. The van der Waals surface area contributed by atoms with E-state index in [2.05, 4.69) is 13.0 Å². The lowest BCUT2D eigenvalue weighted by molar-refractivity contribution is -0.00531. The summed E-state index contributed by atoms with van der Waals surface area (Å²) < 4.78 is 0. The average Bonchev–Trinajstić information content (AvgIpc) is 2.70. The molecule has 19 heavy (non-hydrogen) atoms. The van der Waals surface area contributed by atoms with Crippen molar-refractivity contribution in [3.8, 4) is 6.07 Å². The van der Waals surface area contributed by atoms with Crippen LogP contribution in [0.3, 0.4) is 0 Å². The third-order valence-electron chi connectivity index (χ3n) is 5.62. The molecule has 0 aliphatic heterocycles. The van der Waals surface area contributed by atoms with Crippen LogP contribution in [0, 0.1) is 36.0 Å². The van der Waals surface area contributed by atoms with E-state index >= 15 is 0 Å². The van der Waals surface area contributed by atoms with E-state index in [1.54, 1.807) is 0 Å². The van der Waals surface area contributed by atoms with Crippen molar-refractivity contribution in [2.24, 2.45) is 17.8 Å². The highest BCUT2D eigenvalue weighted by atomic mass is 32.1. The molecule has 0 atom stereocenters. The van der Waals surface area contributed by atoms with Crippen LogP contribution in [-0.4, -0.2) is 4.98 Å². The molecule has 0 saturated heterocycles. The highest BCUT2D eigenvalue weighted by Gasteiger charge is 2.53. The Labute approximate surface area is 118 Å². The molecule has 2 nitrogen and oxygen atoms in total. The molecule has 0 spiro atoms. The van der Waals surface area contributed by atoms with Crippen molar-refractivity contribution in [1.82, 2.24) is 4.98 Å². The van der Waals surface area contributed by atoms with Crippen molar-refractivity contribution in [3.05, 3.63) is 15.6 Å². The van der Waals surface area contributed by atoms with Crippen LogP contribution in [0.2, 0.25) is 0 Å². The molecule has 100 valence electrons. The lowest BCUT2D eigenvalue weighted by atomic mass is 9.50. The molecular formula is C16H20N2S. The third-order valence-corrected chi connectivity index (χ3v) is 7.03. The number of aromatic nitrogens is 1. The van der Waals surface area contributed by atoms with Gasteiger partial charge in [-0.15, -0.1) is 11.3 Å². The van der Waals surface area contributed by atoms with Crippen molar-refractivity contribution in [2.75, 3.05) is 0 Å². The first-order chi connectivity index (χ1) is 9.18. The molecule has 3 heteroatoms. The molecule has 0 radical (unpaired) electrons. The molecule has 4 aliphatic rings. The fourth-order valence-corrected chi connectivity index (χ4v) is 6.48. The van der Waals surface area contributed by atoms with Gasteiger partial charge in [-0.05, 0) is 63.2 Å². The van der Waals surface area contributed by atoms with Crippen LogP contribution in [0.5, 0.6) is 0 Å². The first-order valence-electron chi connectivity index (χ1n) is 7.52. The van der Waals surface area contributed by atoms with E-state index in [1.165, 1.54) is 48.4 Å². The predicted molar refractivity (Wildman–Crippen MR) is 76.0 cm³/mol. The summed E-state index contributed by atoms with van der Waals surface area (Å²) in [6.45, 7) is 2.08. The Balaban J connectivity index is 1.72. The number of nitrogens with zero attached hydrogens (tertiary/aromatic N) is 2. The molecule has 4 saturated carbocycles. The van der Waals surface area contributed by atoms with Crippen molar-refractivity contribution < 1.29 is 0 Å². The quantitative estimate of drug-likeness (QED) is 0.816. The van der Waals surface area contributed by atoms with Gasteiger partial charge in [0.2, 0.25) is 0 Å². The van der Waals surface area contributed by atoms with Crippen LogP contribution in [0.4, 0.5) is 0 Å². The summed E-state index contributed by atoms with van der Waals surface area (Å²) in [7, 11) is 0. The van der Waals surface area contributed by atoms with Crippen LogP contribution in [0.15, 0.2) is 0 Å². The van der Waals surface area contributed by atoms with Gasteiger partial charge in [-0.25, -0.2) is 4.98 Å². The second kappa shape index (κ2) is 4.06. The fourth-order valence-electron chi connectivity index (χ4n) is 5.26. The average molecular weight is 272 g/mol. The highest BCUT2D eigenvalue weighted by molar-refractivity contribution is 7.12. The van der Waals surface area contributed by atoms with E-state index in [0.29, 0.717) is 11.8 Å². The van der Waals surface area contributed by atoms with Crippen LogP contribution in [0.1, 0.15) is 54.1 Å². The van der Waals surface area contributed by atoms with Gasteiger partial charge in [0.15, 0.2) is 0 Å². The molecule has 0 unspecified atom stereocenters. The normalized spacial score (nSPS) is 39.5. The molecule has 5 rings (SSSR count). The molecule has 1 heterocycles. The Kier molecular flexibility index (Phi) is 2.54. The Bertz CT molecular complexity index is 516. The Morgan fingerprint density at radius 3 is 2.32 bits per heavy atom. The van der Waals surface area contributed by atoms with E-state index in [0.717, 1.165) is 23.4 Å². The van der Waals surface area contributed by atoms with Crippen molar-refractivity contribution in [1.29, 1.82) is 5.26 Å².